The first kappa shape index (κ1) is 33.9. The molecule has 0 atom stereocenters. The molecule has 0 N–H and O–H groups in total. The highest BCUT2D eigenvalue weighted by atomic mass is 16.3. The van der Waals surface area contributed by atoms with Crippen LogP contribution in [0.3, 0.4) is 0 Å². The fourth-order valence-corrected chi connectivity index (χ4v) is 10.5. The van der Waals surface area contributed by atoms with Crippen molar-refractivity contribution < 1.29 is 4.42 Å². The molecule has 0 unspecified atom stereocenters. The van der Waals surface area contributed by atoms with E-state index in [9.17, 15) is 0 Å². The number of para-hydroxylation sites is 2. The van der Waals surface area contributed by atoms with E-state index in [0.29, 0.717) is 5.92 Å². The third kappa shape index (κ3) is 4.71. The standard InChI is InChI=1S/C55H45NO/c1-33(2)34-25-27-36(28-26-34)56(48-24-14-20-43-42-19-12-18-37(52(42)57-53(43)48)35-15-8-7-9-16-35)47-32-31-39-41-30-29-40-38-17-10-11-22-45(38)54(3,4)50(40)51(41)55(5,6)46-23-13-21-44(47)49(39)46/h7-33H,1-6H3. The van der Waals surface area contributed by atoms with Gasteiger partial charge in [-0.15, -0.1) is 0 Å². The summed E-state index contributed by atoms with van der Waals surface area (Å²) >= 11 is 0. The highest BCUT2D eigenvalue weighted by Crippen LogP contribution is 2.59. The molecular formula is C55H45NO. The van der Waals surface area contributed by atoms with E-state index >= 15 is 0 Å². The molecule has 0 saturated carbocycles. The van der Waals surface area contributed by atoms with Crippen molar-refractivity contribution in [1.29, 1.82) is 0 Å². The summed E-state index contributed by atoms with van der Waals surface area (Å²) in [5, 5.41) is 4.79. The van der Waals surface area contributed by atoms with Crippen LogP contribution in [0, 0.1) is 0 Å². The van der Waals surface area contributed by atoms with Crippen molar-refractivity contribution in [3.05, 3.63) is 186 Å². The number of fused-ring (bicyclic) bond motifs is 9. The van der Waals surface area contributed by atoms with Gasteiger partial charge in [0.25, 0.3) is 0 Å². The zero-order valence-corrected chi connectivity index (χ0v) is 33.4. The second-order valence-corrected chi connectivity index (χ2v) is 17.5. The van der Waals surface area contributed by atoms with Gasteiger partial charge in [-0.05, 0) is 91.2 Å². The van der Waals surface area contributed by atoms with Gasteiger partial charge in [-0.3, -0.25) is 0 Å². The van der Waals surface area contributed by atoms with Crippen molar-refractivity contribution in [1.82, 2.24) is 0 Å². The molecule has 1 aromatic heterocycles. The SMILES string of the molecule is CC(C)c1ccc(N(c2ccc3c4c(cccc24)C(C)(C)c2c-3ccc3c2C(C)(C)c2ccccc2-3)c2cccc3c2oc2c(-c4ccccc4)cccc23)cc1. The van der Waals surface area contributed by atoms with Crippen LogP contribution < -0.4 is 4.90 Å². The van der Waals surface area contributed by atoms with Gasteiger partial charge >= 0.3 is 0 Å². The van der Waals surface area contributed by atoms with Crippen molar-refractivity contribution >= 4 is 49.8 Å². The summed E-state index contributed by atoms with van der Waals surface area (Å²) in [6.07, 6.45) is 0. The predicted octanol–water partition coefficient (Wildman–Crippen LogP) is 15.6. The van der Waals surface area contributed by atoms with Gasteiger partial charge in [-0.25, -0.2) is 0 Å². The summed E-state index contributed by atoms with van der Waals surface area (Å²) in [4.78, 5) is 2.44. The van der Waals surface area contributed by atoms with Crippen LogP contribution >= 0.6 is 0 Å². The molecule has 0 fully saturated rings. The molecule has 2 nitrogen and oxygen atoms in total. The van der Waals surface area contributed by atoms with E-state index < -0.39 is 0 Å². The molecule has 0 saturated heterocycles. The molecule has 0 spiro atoms. The topological polar surface area (TPSA) is 16.4 Å². The first-order valence-electron chi connectivity index (χ1n) is 20.4. The van der Waals surface area contributed by atoms with E-state index in [0.717, 1.165) is 50.1 Å². The van der Waals surface area contributed by atoms with Crippen LogP contribution in [0.4, 0.5) is 17.1 Å². The average molecular weight is 736 g/mol. The molecule has 11 rings (SSSR count). The Morgan fingerprint density at radius 1 is 0.439 bits per heavy atom. The predicted molar refractivity (Wildman–Crippen MR) is 241 cm³/mol. The van der Waals surface area contributed by atoms with E-state index in [4.69, 9.17) is 4.42 Å². The Hall–Kier alpha value is -6.38. The van der Waals surface area contributed by atoms with Gasteiger partial charge in [0.05, 0.1) is 11.4 Å². The number of nitrogens with zero attached hydrogens (tertiary/aromatic N) is 1. The highest BCUT2D eigenvalue weighted by molar-refractivity contribution is 6.16. The Morgan fingerprint density at radius 3 is 1.77 bits per heavy atom. The first-order chi connectivity index (χ1) is 27.6. The lowest BCUT2D eigenvalue weighted by Gasteiger charge is -2.40. The number of hydrogen-bond acceptors (Lipinski definition) is 2. The molecule has 0 bridgehead atoms. The van der Waals surface area contributed by atoms with Gasteiger partial charge in [-0.1, -0.05) is 175 Å². The number of hydrogen-bond donors (Lipinski definition) is 0. The quantitative estimate of drug-likeness (QED) is 0.175. The number of benzene rings is 8. The zero-order chi connectivity index (χ0) is 38.8. The molecule has 0 aliphatic heterocycles. The van der Waals surface area contributed by atoms with Gasteiger partial charge in [0, 0.05) is 38.2 Å². The molecule has 0 radical (unpaired) electrons. The molecule has 8 aromatic carbocycles. The lowest BCUT2D eigenvalue weighted by molar-refractivity contribution is 0.591. The maximum atomic E-state index is 7.07. The van der Waals surface area contributed by atoms with Crippen molar-refractivity contribution in [2.24, 2.45) is 0 Å². The van der Waals surface area contributed by atoms with Gasteiger partial charge in [0.15, 0.2) is 5.58 Å². The van der Waals surface area contributed by atoms with Crippen LogP contribution in [0.25, 0.3) is 66.1 Å². The summed E-state index contributed by atoms with van der Waals surface area (Å²) in [6.45, 7) is 14.2. The first-order valence-corrected chi connectivity index (χ1v) is 20.4. The van der Waals surface area contributed by atoms with Crippen molar-refractivity contribution in [3.8, 4) is 33.4 Å². The van der Waals surface area contributed by atoms with Gasteiger partial charge in [0.2, 0.25) is 0 Å². The molecule has 1 heterocycles. The summed E-state index contributed by atoms with van der Waals surface area (Å²) < 4.78 is 7.07. The summed E-state index contributed by atoms with van der Waals surface area (Å²) in [5.74, 6) is 0.435. The van der Waals surface area contributed by atoms with Crippen LogP contribution in [0.2, 0.25) is 0 Å². The van der Waals surface area contributed by atoms with Crippen LogP contribution in [-0.2, 0) is 10.8 Å². The molecule has 57 heavy (non-hydrogen) atoms. The molecular weight excluding hydrogens is 691 g/mol. The van der Waals surface area contributed by atoms with E-state index in [1.54, 1.807) is 0 Å². The lowest BCUT2D eigenvalue weighted by atomic mass is 9.63. The van der Waals surface area contributed by atoms with E-state index in [-0.39, 0.29) is 10.8 Å². The maximum Gasteiger partial charge on any atom is 0.159 e. The molecule has 9 aromatic rings. The maximum absolute atomic E-state index is 7.07. The normalized spacial score (nSPS) is 14.6. The third-order valence-corrected chi connectivity index (χ3v) is 13.2. The number of rotatable bonds is 5. The van der Waals surface area contributed by atoms with E-state index in [2.05, 4.69) is 204 Å². The Kier molecular flexibility index (Phi) is 7.18. The lowest BCUT2D eigenvalue weighted by Crippen LogP contribution is -2.29. The second-order valence-electron chi connectivity index (χ2n) is 17.5. The van der Waals surface area contributed by atoms with Crippen LogP contribution in [-0.4, -0.2) is 0 Å². The van der Waals surface area contributed by atoms with E-state index in [1.807, 2.05) is 0 Å². The van der Waals surface area contributed by atoms with Crippen molar-refractivity contribution in [2.45, 2.75) is 58.3 Å². The number of furan rings is 1. The Balaban J connectivity index is 1.18. The van der Waals surface area contributed by atoms with Crippen LogP contribution in [0.15, 0.2) is 162 Å². The Bertz CT molecular complexity index is 3090. The average Bonchev–Trinajstić information content (AvgIpc) is 3.73. The van der Waals surface area contributed by atoms with Gasteiger partial charge in [0.1, 0.15) is 5.58 Å². The largest absolute Gasteiger partial charge is 0.453 e. The van der Waals surface area contributed by atoms with Crippen molar-refractivity contribution in [2.75, 3.05) is 4.90 Å². The molecule has 276 valence electrons. The molecule has 2 aliphatic rings. The minimum atomic E-state index is -0.235. The highest BCUT2D eigenvalue weighted by Gasteiger charge is 2.44. The third-order valence-electron chi connectivity index (χ3n) is 13.2. The summed E-state index contributed by atoms with van der Waals surface area (Å²) in [7, 11) is 0. The zero-order valence-electron chi connectivity index (χ0n) is 33.4. The van der Waals surface area contributed by atoms with Crippen LogP contribution in [0.1, 0.15) is 75.3 Å². The fraction of sp³-hybridized carbons (Fsp3) is 0.164. The monoisotopic (exact) mass is 735 g/mol. The summed E-state index contributed by atoms with van der Waals surface area (Å²) in [6, 6.07) is 58.3. The van der Waals surface area contributed by atoms with E-state index in [1.165, 1.54) is 60.8 Å². The van der Waals surface area contributed by atoms with Crippen LogP contribution in [0.5, 0.6) is 0 Å². The summed E-state index contributed by atoms with van der Waals surface area (Å²) in [5.41, 5.74) is 19.4. The Labute approximate surface area is 335 Å². The molecule has 2 heteroatoms. The number of anilines is 3. The second kappa shape index (κ2) is 12.1. The smallest absolute Gasteiger partial charge is 0.159 e. The molecule has 0 amide bonds. The minimum Gasteiger partial charge on any atom is -0.453 e. The molecule has 2 aliphatic carbocycles. The van der Waals surface area contributed by atoms with Gasteiger partial charge < -0.3 is 9.32 Å². The minimum absolute atomic E-state index is 0.107. The Morgan fingerprint density at radius 2 is 1.02 bits per heavy atom. The van der Waals surface area contributed by atoms with Crippen molar-refractivity contribution in [3.63, 3.8) is 0 Å². The fourth-order valence-electron chi connectivity index (χ4n) is 10.5. The van der Waals surface area contributed by atoms with Gasteiger partial charge in [-0.2, -0.15) is 0 Å².